The van der Waals surface area contributed by atoms with E-state index in [4.69, 9.17) is 0 Å². The number of nitrogens with one attached hydrogen (secondary N) is 1. The molecule has 23 heavy (non-hydrogen) atoms. The summed E-state index contributed by atoms with van der Waals surface area (Å²) in [6.45, 7) is -0.778. The fraction of sp³-hybridized carbons (Fsp3) is 0.294. The van der Waals surface area contributed by atoms with Gasteiger partial charge in [-0.1, -0.05) is 24.3 Å². The molecule has 0 aromatic heterocycles. The van der Waals surface area contributed by atoms with Crippen LogP contribution in [0.15, 0.2) is 48.5 Å². The first-order valence-electron chi connectivity index (χ1n) is 7.17. The van der Waals surface area contributed by atoms with Crippen molar-refractivity contribution in [3.8, 4) is 5.75 Å². The van der Waals surface area contributed by atoms with Crippen LogP contribution >= 0.6 is 0 Å². The minimum absolute atomic E-state index is 0.0882. The Kier molecular flexibility index (Phi) is 6.01. The van der Waals surface area contributed by atoms with E-state index in [0.717, 1.165) is 5.56 Å². The Bertz CT molecular complexity index is 619. The Hall–Kier alpha value is -2.05. The van der Waals surface area contributed by atoms with Crippen LogP contribution in [0.3, 0.4) is 0 Å². The van der Waals surface area contributed by atoms with Gasteiger partial charge in [-0.25, -0.2) is 4.39 Å². The number of rotatable bonds is 7. The Balaban J connectivity index is 1.93. The largest absolute Gasteiger partial charge is 0.435 e. The van der Waals surface area contributed by atoms with Crippen LogP contribution in [0.25, 0.3) is 0 Å². The summed E-state index contributed by atoms with van der Waals surface area (Å²) < 4.78 is 41.7. The summed E-state index contributed by atoms with van der Waals surface area (Å²) in [5, 5.41) is 13.2. The van der Waals surface area contributed by atoms with Gasteiger partial charge in [-0.2, -0.15) is 8.78 Å². The van der Waals surface area contributed by atoms with Crippen LogP contribution in [0.4, 0.5) is 13.2 Å². The smallest absolute Gasteiger partial charge is 0.387 e. The van der Waals surface area contributed by atoms with Gasteiger partial charge < -0.3 is 15.2 Å². The lowest BCUT2D eigenvalue weighted by Crippen LogP contribution is -2.24. The lowest BCUT2D eigenvalue weighted by atomic mass is 10.1. The summed E-state index contributed by atoms with van der Waals surface area (Å²) in [6.07, 6.45) is -0.793. The second-order valence-corrected chi connectivity index (χ2v) is 5.15. The van der Waals surface area contributed by atoms with Gasteiger partial charge >= 0.3 is 6.61 Å². The van der Waals surface area contributed by atoms with Gasteiger partial charge in [-0.05, 0) is 42.3 Å². The maximum Gasteiger partial charge on any atom is 0.387 e. The van der Waals surface area contributed by atoms with E-state index >= 15 is 0 Å². The first kappa shape index (κ1) is 17.3. The molecule has 2 atom stereocenters. The van der Waals surface area contributed by atoms with Crippen LogP contribution in [-0.2, 0) is 0 Å². The lowest BCUT2D eigenvalue weighted by Gasteiger charge is -2.18. The Morgan fingerprint density at radius 3 is 2.43 bits per heavy atom. The Morgan fingerprint density at radius 2 is 1.78 bits per heavy atom. The molecule has 2 N–H and O–H groups in total. The summed E-state index contributed by atoms with van der Waals surface area (Å²) in [7, 11) is 0. The van der Waals surface area contributed by atoms with E-state index in [2.05, 4.69) is 10.1 Å². The number of halogens is 3. The molecule has 2 aromatic carbocycles. The number of aliphatic hydroxyl groups excluding tert-OH is 1. The molecule has 0 saturated carbocycles. The quantitative estimate of drug-likeness (QED) is 0.813. The summed E-state index contributed by atoms with van der Waals surface area (Å²) in [4.78, 5) is 0. The molecule has 2 rings (SSSR count). The third-order valence-electron chi connectivity index (χ3n) is 3.46. The van der Waals surface area contributed by atoms with Crippen LogP contribution in [0.5, 0.6) is 5.75 Å². The van der Waals surface area contributed by atoms with Gasteiger partial charge in [0, 0.05) is 12.6 Å². The SMILES string of the molecule is CC(NCC(O)c1ccc(F)cc1)c1cccc(OC(F)F)c1. The zero-order valence-corrected chi connectivity index (χ0v) is 12.5. The van der Waals surface area contributed by atoms with Crippen LogP contribution in [0.2, 0.25) is 0 Å². The summed E-state index contributed by atoms with van der Waals surface area (Å²) in [5.41, 5.74) is 1.36. The van der Waals surface area contributed by atoms with Gasteiger partial charge in [0.25, 0.3) is 0 Å². The molecule has 0 radical (unpaired) electrons. The predicted molar refractivity (Wildman–Crippen MR) is 80.9 cm³/mol. The standard InChI is InChI=1S/C17H18F3NO2/c1-11(13-3-2-4-15(9-13)23-17(19)20)21-10-16(22)12-5-7-14(18)8-6-12/h2-9,11,16-17,21-22H,10H2,1H3. The number of alkyl halides is 2. The minimum Gasteiger partial charge on any atom is -0.435 e. The maximum absolute atomic E-state index is 12.9. The fourth-order valence-electron chi connectivity index (χ4n) is 2.17. The highest BCUT2D eigenvalue weighted by Gasteiger charge is 2.12. The second kappa shape index (κ2) is 7.99. The zero-order chi connectivity index (χ0) is 16.8. The monoisotopic (exact) mass is 325 g/mol. The fourth-order valence-corrected chi connectivity index (χ4v) is 2.17. The molecule has 0 saturated heterocycles. The van der Waals surface area contributed by atoms with Crippen LogP contribution < -0.4 is 10.1 Å². The van der Waals surface area contributed by atoms with Crippen molar-refractivity contribution in [1.29, 1.82) is 0 Å². The number of benzene rings is 2. The first-order valence-corrected chi connectivity index (χ1v) is 7.17. The molecule has 0 amide bonds. The summed E-state index contributed by atoms with van der Waals surface area (Å²) >= 11 is 0. The first-order chi connectivity index (χ1) is 11.0. The molecular weight excluding hydrogens is 307 g/mol. The highest BCUT2D eigenvalue weighted by atomic mass is 19.3. The van der Waals surface area contributed by atoms with E-state index in [1.165, 1.54) is 36.4 Å². The van der Waals surface area contributed by atoms with E-state index < -0.39 is 12.7 Å². The van der Waals surface area contributed by atoms with E-state index in [-0.39, 0.29) is 24.2 Å². The van der Waals surface area contributed by atoms with Crippen LogP contribution in [0, 0.1) is 5.82 Å². The van der Waals surface area contributed by atoms with Gasteiger partial charge in [-0.15, -0.1) is 0 Å². The van der Waals surface area contributed by atoms with Gasteiger partial charge in [0.15, 0.2) is 0 Å². The molecule has 0 aliphatic heterocycles. The molecule has 2 aromatic rings. The Labute approximate surface area is 132 Å². The Morgan fingerprint density at radius 1 is 1.09 bits per heavy atom. The molecule has 0 heterocycles. The highest BCUT2D eigenvalue weighted by Crippen LogP contribution is 2.21. The third kappa shape index (κ3) is 5.26. The van der Waals surface area contributed by atoms with Gasteiger partial charge in [0.1, 0.15) is 11.6 Å². The molecule has 124 valence electrons. The van der Waals surface area contributed by atoms with Crippen molar-refractivity contribution in [3.63, 3.8) is 0 Å². The highest BCUT2D eigenvalue weighted by molar-refractivity contribution is 5.30. The average molecular weight is 325 g/mol. The average Bonchev–Trinajstić information content (AvgIpc) is 2.52. The number of hydrogen-bond donors (Lipinski definition) is 2. The summed E-state index contributed by atoms with van der Waals surface area (Å²) in [6, 6.07) is 11.8. The molecule has 0 aliphatic carbocycles. The van der Waals surface area contributed by atoms with Crippen molar-refractivity contribution in [3.05, 3.63) is 65.5 Å². The van der Waals surface area contributed by atoms with Gasteiger partial charge in [0.2, 0.25) is 0 Å². The van der Waals surface area contributed by atoms with Crippen LogP contribution in [0.1, 0.15) is 30.2 Å². The minimum atomic E-state index is -2.87. The second-order valence-electron chi connectivity index (χ2n) is 5.15. The van der Waals surface area contributed by atoms with E-state index in [1.54, 1.807) is 12.1 Å². The lowest BCUT2D eigenvalue weighted by molar-refractivity contribution is -0.0499. The molecule has 0 aliphatic rings. The topological polar surface area (TPSA) is 41.5 Å². The summed E-state index contributed by atoms with van der Waals surface area (Å²) in [5.74, 6) is -0.275. The van der Waals surface area contributed by atoms with Crippen LogP contribution in [-0.4, -0.2) is 18.3 Å². The van der Waals surface area contributed by atoms with E-state index in [0.29, 0.717) is 5.56 Å². The van der Waals surface area contributed by atoms with Crippen molar-refractivity contribution in [1.82, 2.24) is 5.32 Å². The molecule has 2 unspecified atom stereocenters. The molecule has 6 heteroatoms. The van der Waals surface area contributed by atoms with E-state index in [9.17, 15) is 18.3 Å². The number of aliphatic hydroxyl groups is 1. The molecule has 3 nitrogen and oxygen atoms in total. The molecule has 0 bridgehead atoms. The number of ether oxygens (including phenoxy) is 1. The van der Waals surface area contributed by atoms with E-state index in [1.807, 2.05) is 6.92 Å². The van der Waals surface area contributed by atoms with Crippen molar-refractivity contribution < 1.29 is 23.0 Å². The third-order valence-corrected chi connectivity index (χ3v) is 3.46. The maximum atomic E-state index is 12.9. The van der Waals surface area contributed by atoms with Crippen molar-refractivity contribution in [2.24, 2.45) is 0 Å². The van der Waals surface area contributed by atoms with Crippen molar-refractivity contribution in [2.75, 3.05) is 6.54 Å². The van der Waals surface area contributed by atoms with Crippen molar-refractivity contribution >= 4 is 0 Å². The van der Waals surface area contributed by atoms with Crippen molar-refractivity contribution in [2.45, 2.75) is 25.7 Å². The predicted octanol–water partition coefficient (Wildman–Crippen LogP) is 3.81. The van der Waals surface area contributed by atoms with Gasteiger partial charge in [-0.3, -0.25) is 0 Å². The van der Waals surface area contributed by atoms with Gasteiger partial charge in [0.05, 0.1) is 6.10 Å². The molecule has 0 spiro atoms. The normalized spacial score (nSPS) is 13.8. The molecule has 0 fully saturated rings. The zero-order valence-electron chi connectivity index (χ0n) is 12.5. The number of hydrogen-bond acceptors (Lipinski definition) is 3. The molecular formula is C17H18F3NO2.